The fourth-order valence-electron chi connectivity index (χ4n) is 4.44. The summed E-state index contributed by atoms with van der Waals surface area (Å²) in [6.45, 7) is 0. The van der Waals surface area contributed by atoms with E-state index in [2.05, 4.69) is 10.6 Å². The maximum atomic E-state index is 14.5. The molecular formula is C36H24F5N3O3S. The molecule has 0 radical (unpaired) electrons. The van der Waals surface area contributed by atoms with Gasteiger partial charge in [0.2, 0.25) is 5.91 Å². The van der Waals surface area contributed by atoms with Crippen LogP contribution in [0.2, 0.25) is 0 Å². The minimum absolute atomic E-state index is 0.0353. The lowest BCUT2D eigenvalue weighted by atomic mass is 10.1. The molecule has 48 heavy (non-hydrogen) atoms. The van der Waals surface area contributed by atoms with Crippen LogP contribution in [0, 0.1) is 29.1 Å². The maximum Gasteiger partial charge on any atom is 0.272 e. The Kier molecular flexibility index (Phi) is 10.7. The van der Waals surface area contributed by atoms with E-state index in [9.17, 15) is 36.3 Å². The molecule has 0 heterocycles. The molecule has 0 saturated heterocycles. The molecule has 6 nitrogen and oxygen atoms in total. The predicted octanol–water partition coefficient (Wildman–Crippen LogP) is 8.26. The summed E-state index contributed by atoms with van der Waals surface area (Å²) in [5.41, 5.74) is -0.621. The zero-order chi connectivity index (χ0) is 34.2. The summed E-state index contributed by atoms with van der Waals surface area (Å²) in [5, 5.41) is 5.96. The van der Waals surface area contributed by atoms with Crippen molar-refractivity contribution in [3.63, 3.8) is 0 Å². The third-order valence-electron chi connectivity index (χ3n) is 6.78. The van der Waals surface area contributed by atoms with Gasteiger partial charge in [-0.25, -0.2) is 22.0 Å². The molecule has 5 aromatic rings. The Morgan fingerprint density at radius 1 is 0.646 bits per heavy atom. The molecule has 1 unspecified atom stereocenters. The minimum atomic E-state index is -1.76. The highest BCUT2D eigenvalue weighted by molar-refractivity contribution is 8.00. The number of amides is 3. The number of carbonyl (C=O) groups is 3. The molecule has 242 valence electrons. The summed E-state index contributed by atoms with van der Waals surface area (Å²) < 4.78 is 70.9. The van der Waals surface area contributed by atoms with Gasteiger partial charge in [0.1, 0.15) is 22.5 Å². The van der Waals surface area contributed by atoms with Crippen molar-refractivity contribution >= 4 is 46.9 Å². The molecule has 0 spiro atoms. The van der Waals surface area contributed by atoms with E-state index in [1.54, 1.807) is 78.9 Å². The van der Waals surface area contributed by atoms with E-state index in [4.69, 9.17) is 0 Å². The van der Waals surface area contributed by atoms with Crippen LogP contribution in [0.3, 0.4) is 0 Å². The third kappa shape index (κ3) is 8.15. The monoisotopic (exact) mass is 673 g/mol. The normalized spacial score (nSPS) is 11.8. The molecule has 3 amide bonds. The zero-order valence-electron chi connectivity index (χ0n) is 24.6. The van der Waals surface area contributed by atoms with E-state index in [-0.39, 0.29) is 28.6 Å². The van der Waals surface area contributed by atoms with E-state index in [1.165, 1.54) is 36.4 Å². The molecule has 0 aromatic heterocycles. The Balaban J connectivity index is 1.41. The molecule has 0 aliphatic heterocycles. The van der Waals surface area contributed by atoms with Crippen LogP contribution in [0.25, 0.3) is 6.08 Å². The number of hydrogen-bond donors (Lipinski definition) is 3. The number of halogens is 5. The third-order valence-corrected chi connectivity index (χ3v) is 8.03. The molecular weight excluding hydrogens is 649 g/mol. The number of rotatable bonds is 10. The molecule has 5 aromatic carbocycles. The second-order valence-electron chi connectivity index (χ2n) is 10.1. The highest BCUT2D eigenvalue weighted by Crippen LogP contribution is 2.38. The minimum Gasteiger partial charge on any atom is -0.321 e. The number of nitrogens with one attached hydrogen (secondary N) is 3. The smallest absolute Gasteiger partial charge is 0.272 e. The fraction of sp³-hybridized carbons (Fsp3) is 0.0278. The Bertz CT molecular complexity index is 1980. The maximum absolute atomic E-state index is 14.5. The summed E-state index contributed by atoms with van der Waals surface area (Å²) in [5.74, 6) is -9.89. The van der Waals surface area contributed by atoms with Crippen molar-refractivity contribution in [3.05, 3.63) is 167 Å². The molecule has 0 bridgehead atoms. The van der Waals surface area contributed by atoms with Crippen molar-refractivity contribution in [2.45, 2.75) is 10.1 Å². The number of anilines is 2. The van der Waals surface area contributed by atoms with Gasteiger partial charge in [0.05, 0.1) is 0 Å². The lowest BCUT2D eigenvalue weighted by Gasteiger charge is -2.18. The molecule has 0 aliphatic carbocycles. The van der Waals surface area contributed by atoms with Gasteiger partial charge in [-0.15, -0.1) is 11.8 Å². The van der Waals surface area contributed by atoms with Crippen LogP contribution in [0.4, 0.5) is 33.3 Å². The topological polar surface area (TPSA) is 87.3 Å². The average Bonchev–Trinajstić information content (AvgIpc) is 3.09. The van der Waals surface area contributed by atoms with E-state index >= 15 is 0 Å². The van der Waals surface area contributed by atoms with Crippen molar-refractivity contribution in [3.8, 4) is 0 Å². The number of carbonyl (C=O) groups excluding carboxylic acids is 3. The van der Waals surface area contributed by atoms with Crippen LogP contribution < -0.4 is 16.0 Å². The highest BCUT2D eigenvalue weighted by atomic mass is 32.2. The summed E-state index contributed by atoms with van der Waals surface area (Å²) in [4.78, 5) is 40.1. The Morgan fingerprint density at radius 2 is 1.27 bits per heavy atom. The second-order valence-corrected chi connectivity index (χ2v) is 11.3. The number of hydrogen-bond acceptors (Lipinski definition) is 4. The second kappa shape index (κ2) is 15.2. The lowest BCUT2D eigenvalue weighted by molar-refractivity contribution is -0.116. The SMILES string of the molecule is O=C(Nc1cccc(SC(C(=O)Nc2c(F)c(F)cc(F)c2F)c2ccccc2)c1)/C(=C/c1ccccc1F)NC(=O)c1ccccc1. The van der Waals surface area contributed by atoms with Gasteiger partial charge in [0, 0.05) is 27.8 Å². The van der Waals surface area contributed by atoms with Gasteiger partial charge in [-0.3, -0.25) is 14.4 Å². The first-order chi connectivity index (χ1) is 23.1. The number of benzene rings is 5. The van der Waals surface area contributed by atoms with Gasteiger partial charge in [0.25, 0.3) is 11.8 Å². The largest absolute Gasteiger partial charge is 0.321 e. The van der Waals surface area contributed by atoms with Crippen LogP contribution in [0.5, 0.6) is 0 Å². The highest BCUT2D eigenvalue weighted by Gasteiger charge is 2.27. The fourth-order valence-corrected chi connectivity index (χ4v) is 5.53. The summed E-state index contributed by atoms with van der Waals surface area (Å²) >= 11 is 0.922. The van der Waals surface area contributed by atoms with Crippen molar-refractivity contribution in [1.82, 2.24) is 5.32 Å². The van der Waals surface area contributed by atoms with Crippen LogP contribution >= 0.6 is 11.8 Å². The molecule has 0 fully saturated rings. The molecule has 0 aliphatic rings. The summed E-state index contributed by atoms with van der Waals surface area (Å²) in [6.07, 6.45) is 1.19. The van der Waals surface area contributed by atoms with E-state index in [0.717, 1.165) is 11.8 Å². The van der Waals surface area contributed by atoms with Crippen molar-refractivity contribution in [1.29, 1.82) is 0 Å². The van der Waals surface area contributed by atoms with E-state index in [1.807, 2.05) is 5.32 Å². The quantitative estimate of drug-likeness (QED) is 0.0603. The lowest BCUT2D eigenvalue weighted by Crippen LogP contribution is -2.30. The molecule has 5 rings (SSSR count). The van der Waals surface area contributed by atoms with Gasteiger partial charge in [-0.05, 0) is 48.0 Å². The number of thioether (sulfide) groups is 1. The van der Waals surface area contributed by atoms with Crippen LogP contribution in [0.1, 0.15) is 26.7 Å². The Hall–Kier alpha value is -5.75. The first kappa shape index (κ1) is 33.6. The van der Waals surface area contributed by atoms with Crippen LogP contribution in [-0.4, -0.2) is 17.7 Å². The zero-order valence-corrected chi connectivity index (χ0v) is 25.5. The van der Waals surface area contributed by atoms with Gasteiger partial charge in [0.15, 0.2) is 23.3 Å². The van der Waals surface area contributed by atoms with Crippen LogP contribution in [0.15, 0.2) is 126 Å². The van der Waals surface area contributed by atoms with Gasteiger partial charge in [-0.1, -0.05) is 72.8 Å². The Labute approximate surface area is 275 Å². The van der Waals surface area contributed by atoms with Crippen molar-refractivity contribution < 1.29 is 36.3 Å². The van der Waals surface area contributed by atoms with Crippen molar-refractivity contribution in [2.24, 2.45) is 0 Å². The van der Waals surface area contributed by atoms with Crippen LogP contribution in [-0.2, 0) is 9.59 Å². The molecule has 1 atom stereocenters. The van der Waals surface area contributed by atoms with E-state index < -0.39 is 57.7 Å². The summed E-state index contributed by atoms with van der Waals surface area (Å²) in [6, 6.07) is 28.1. The van der Waals surface area contributed by atoms with Gasteiger partial charge in [-0.2, -0.15) is 0 Å². The standard InChI is InChI=1S/C36H24F5N3O3S/c37-26-17-8-7-14-23(26)18-29(43-34(45)22-12-5-2-6-13-22)35(46)42-24-15-9-16-25(19-24)48-33(21-10-3-1-4-11-21)36(47)44-32-30(40)27(38)20-28(39)31(32)41/h1-20,33H,(H,42,46)(H,43,45)(H,44,47)/b29-18-. The van der Waals surface area contributed by atoms with E-state index in [0.29, 0.717) is 10.5 Å². The first-order valence-corrected chi connectivity index (χ1v) is 15.1. The molecule has 0 saturated carbocycles. The summed E-state index contributed by atoms with van der Waals surface area (Å²) in [7, 11) is 0. The average molecular weight is 674 g/mol. The molecule has 12 heteroatoms. The van der Waals surface area contributed by atoms with Gasteiger partial charge >= 0.3 is 0 Å². The first-order valence-electron chi connectivity index (χ1n) is 14.2. The van der Waals surface area contributed by atoms with Gasteiger partial charge < -0.3 is 16.0 Å². The van der Waals surface area contributed by atoms with Crippen molar-refractivity contribution in [2.75, 3.05) is 10.6 Å². The predicted molar refractivity (Wildman–Crippen MR) is 173 cm³/mol. The molecule has 3 N–H and O–H groups in total. The Morgan fingerprint density at radius 3 is 1.94 bits per heavy atom.